The van der Waals surface area contributed by atoms with Gasteiger partial charge in [-0.15, -0.1) is 0 Å². The maximum Gasteiger partial charge on any atom is 0.276 e. The van der Waals surface area contributed by atoms with E-state index in [1.165, 1.54) is 12.1 Å². The van der Waals surface area contributed by atoms with Crippen LogP contribution in [-0.4, -0.2) is 24.1 Å². The molecule has 0 radical (unpaired) electrons. The molecule has 7 heteroatoms. The van der Waals surface area contributed by atoms with E-state index < -0.39 is 4.92 Å². The summed E-state index contributed by atoms with van der Waals surface area (Å²) in [6, 6.07) is 9.83. The third kappa shape index (κ3) is 2.97. The molecule has 104 valence electrons. The summed E-state index contributed by atoms with van der Waals surface area (Å²) in [6.07, 6.45) is 0. The van der Waals surface area contributed by atoms with Gasteiger partial charge in [-0.3, -0.25) is 10.1 Å². The predicted molar refractivity (Wildman–Crippen MR) is 77.0 cm³/mol. The highest BCUT2D eigenvalue weighted by molar-refractivity contribution is 6.29. The van der Waals surface area contributed by atoms with Crippen molar-refractivity contribution in [2.45, 2.75) is 0 Å². The Kier molecular flexibility index (Phi) is 4.05. The minimum absolute atomic E-state index is 0.0783. The van der Waals surface area contributed by atoms with Gasteiger partial charge in [0.2, 0.25) is 0 Å². The molecule has 0 unspecified atom stereocenters. The fourth-order valence-corrected chi connectivity index (χ4v) is 1.88. The number of rotatable bonds is 4. The Morgan fingerprint density at radius 2 is 1.95 bits per heavy atom. The summed E-state index contributed by atoms with van der Waals surface area (Å²) in [5, 5.41) is 10.9. The lowest BCUT2D eigenvalue weighted by Gasteiger charge is -2.18. The van der Waals surface area contributed by atoms with Crippen LogP contribution >= 0.6 is 11.6 Å². The number of methoxy groups -OCH3 is 1. The number of halogens is 1. The SMILES string of the molecule is COc1ccc(N(C)c2cc([N+](=O)[O-])cc(Cl)n2)cc1. The normalized spacial score (nSPS) is 10.2. The molecule has 1 heterocycles. The minimum Gasteiger partial charge on any atom is -0.497 e. The fourth-order valence-electron chi connectivity index (χ4n) is 1.69. The average Bonchev–Trinajstić information content (AvgIpc) is 2.46. The van der Waals surface area contributed by atoms with Crippen molar-refractivity contribution in [3.63, 3.8) is 0 Å². The lowest BCUT2D eigenvalue weighted by atomic mass is 10.2. The van der Waals surface area contributed by atoms with Crippen LogP contribution in [0.1, 0.15) is 0 Å². The molecule has 1 aromatic carbocycles. The Morgan fingerprint density at radius 3 is 2.50 bits per heavy atom. The Hall–Kier alpha value is -2.34. The molecule has 0 bridgehead atoms. The van der Waals surface area contributed by atoms with Crippen molar-refractivity contribution in [3.05, 3.63) is 51.7 Å². The second kappa shape index (κ2) is 5.75. The standard InChI is InChI=1S/C13H12ClN3O3/c1-16(9-3-5-11(20-2)6-4-9)13-8-10(17(18)19)7-12(14)15-13/h3-8H,1-2H3. The first kappa shape index (κ1) is 14.1. The van der Waals surface area contributed by atoms with Crippen molar-refractivity contribution in [1.82, 2.24) is 4.98 Å². The molecule has 2 aromatic rings. The molecular formula is C13H12ClN3O3. The van der Waals surface area contributed by atoms with E-state index in [4.69, 9.17) is 16.3 Å². The summed E-state index contributed by atoms with van der Waals surface area (Å²) in [6.45, 7) is 0. The number of nitro groups is 1. The zero-order valence-corrected chi connectivity index (χ0v) is 11.7. The van der Waals surface area contributed by atoms with Crippen LogP contribution in [0.2, 0.25) is 5.15 Å². The van der Waals surface area contributed by atoms with Gasteiger partial charge in [-0.05, 0) is 24.3 Å². The van der Waals surface area contributed by atoms with Crippen LogP contribution in [0.25, 0.3) is 0 Å². The highest BCUT2D eigenvalue weighted by Crippen LogP contribution is 2.28. The van der Waals surface area contributed by atoms with Gasteiger partial charge < -0.3 is 9.64 Å². The van der Waals surface area contributed by atoms with E-state index in [9.17, 15) is 10.1 Å². The van der Waals surface area contributed by atoms with Crippen LogP contribution in [0.3, 0.4) is 0 Å². The van der Waals surface area contributed by atoms with Gasteiger partial charge in [0.05, 0.1) is 24.2 Å². The summed E-state index contributed by atoms with van der Waals surface area (Å²) in [4.78, 5) is 16.1. The number of benzene rings is 1. The molecule has 0 saturated heterocycles. The number of aromatic nitrogens is 1. The highest BCUT2D eigenvalue weighted by atomic mass is 35.5. The first-order valence-corrected chi connectivity index (χ1v) is 6.09. The van der Waals surface area contributed by atoms with E-state index >= 15 is 0 Å². The summed E-state index contributed by atoms with van der Waals surface area (Å²) >= 11 is 5.81. The molecule has 0 aliphatic rings. The van der Waals surface area contributed by atoms with Gasteiger partial charge >= 0.3 is 0 Å². The third-order valence-electron chi connectivity index (χ3n) is 2.78. The monoisotopic (exact) mass is 293 g/mol. The van der Waals surface area contributed by atoms with Crippen molar-refractivity contribution in [2.75, 3.05) is 19.1 Å². The molecule has 0 aliphatic carbocycles. The summed E-state index contributed by atoms with van der Waals surface area (Å²) < 4.78 is 5.08. The summed E-state index contributed by atoms with van der Waals surface area (Å²) in [5.41, 5.74) is 0.718. The van der Waals surface area contributed by atoms with Gasteiger partial charge in [0.25, 0.3) is 5.69 Å². The first-order chi connectivity index (χ1) is 9.51. The molecule has 0 saturated carbocycles. The lowest BCUT2D eigenvalue weighted by Crippen LogP contribution is -2.11. The van der Waals surface area contributed by atoms with Crippen molar-refractivity contribution in [3.8, 4) is 5.75 Å². The van der Waals surface area contributed by atoms with Crippen LogP contribution < -0.4 is 9.64 Å². The maximum atomic E-state index is 10.8. The molecule has 0 spiro atoms. The van der Waals surface area contributed by atoms with Crippen molar-refractivity contribution < 1.29 is 9.66 Å². The van der Waals surface area contributed by atoms with Crippen LogP contribution in [0, 0.1) is 10.1 Å². The number of hydrogen-bond donors (Lipinski definition) is 0. The molecule has 0 atom stereocenters. The molecule has 1 aromatic heterocycles. The Labute approximate surface area is 120 Å². The van der Waals surface area contributed by atoms with E-state index in [2.05, 4.69) is 4.98 Å². The van der Waals surface area contributed by atoms with Crippen LogP contribution in [-0.2, 0) is 0 Å². The quantitative estimate of drug-likeness (QED) is 0.491. The number of hydrogen-bond acceptors (Lipinski definition) is 5. The van der Waals surface area contributed by atoms with E-state index in [0.29, 0.717) is 5.82 Å². The molecule has 0 N–H and O–H groups in total. The first-order valence-electron chi connectivity index (χ1n) is 5.71. The van der Waals surface area contributed by atoms with Crippen LogP contribution in [0.5, 0.6) is 5.75 Å². The van der Waals surface area contributed by atoms with Crippen LogP contribution in [0.15, 0.2) is 36.4 Å². The Balaban J connectivity index is 2.36. The highest BCUT2D eigenvalue weighted by Gasteiger charge is 2.14. The van der Waals surface area contributed by atoms with Gasteiger partial charge in [-0.2, -0.15) is 0 Å². The van der Waals surface area contributed by atoms with Gasteiger partial charge in [-0.1, -0.05) is 11.6 Å². The molecular weight excluding hydrogens is 282 g/mol. The number of ether oxygens (including phenoxy) is 1. The van der Waals surface area contributed by atoms with E-state index in [0.717, 1.165) is 11.4 Å². The average molecular weight is 294 g/mol. The zero-order valence-electron chi connectivity index (χ0n) is 10.9. The predicted octanol–water partition coefficient (Wildman–Crippen LogP) is 3.42. The fraction of sp³-hybridized carbons (Fsp3) is 0.154. The summed E-state index contributed by atoms with van der Waals surface area (Å²) in [5.74, 6) is 1.13. The van der Waals surface area contributed by atoms with E-state index in [1.807, 2.05) is 12.1 Å². The van der Waals surface area contributed by atoms with E-state index in [-0.39, 0.29) is 10.8 Å². The van der Waals surface area contributed by atoms with E-state index in [1.54, 1.807) is 31.2 Å². The number of nitrogens with zero attached hydrogens (tertiary/aromatic N) is 3. The molecule has 2 rings (SSSR count). The lowest BCUT2D eigenvalue weighted by molar-refractivity contribution is -0.384. The number of anilines is 2. The molecule has 0 aliphatic heterocycles. The van der Waals surface area contributed by atoms with Crippen LogP contribution in [0.4, 0.5) is 17.2 Å². The second-order valence-corrected chi connectivity index (χ2v) is 4.41. The van der Waals surface area contributed by atoms with Gasteiger partial charge in [0, 0.05) is 12.7 Å². The maximum absolute atomic E-state index is 10.8. The van der Waals surface area contributed by atoms with Crippen molar-refractivity contribution >= 4 is 28.8 Å². The van der Waals surface area contributed by atoms with Gasteiger partial charge in [0.15, 0.2) is 0 Å². The molecule has 0 fully saturated rings. The third-order valence-corrected chi connectivity index (χ3v) is 2.97. The largest absolute Gasteiger partial charge is 0.497 e. The van der Waals surface area contributed by atoms with Crippen molar-refractivity contribution in [1.29, 1.82) is 0 Å². The Bertz CT molecular complexity index is 631. The van der Waals surface area contributed by atoms with Crippen molar-refractivity contribution in [2.24, 2.45) is 0 Å². The molecule has 20 heavy (non-hydrogen) atoms. The molecule has 0 amide bonds. The molecule has 6 nitrogen and oxygen atoms in total. The second-order valence-electron chi connectivity index (χ2n) is 4.02. The van der Waals surface area contributed by atoms with Gasteiger partial charge in [0.1, 0.15) is 16.7 Å². The smallest absolute Gasteiger partial charge is 0.276 e. The minimum atomic E-state index is -0.501. The topological polar surface area (TPSA) is 68.5 Å². The summed E-state index contributed by atoms with van der Waals surface area (Å²) in [7, 11) is 3.34. The Morgan fingerprint density at radius 1 is 1.30 bits per heavy atom. The number of pyridine rings is 1. The van der Waals surface area contributed by atoms with Gasteiger partial charge in [-0.25, -0.2) is 4.98 Å². The zero-order chi connectivity index (χ0) is 14.7.